The molecule has 1 fully saturated rings. The molecule has 0 bridgehead atoms. The summed E-state index contributed by atoms with van der Waals surface area (Å²) in [6.45, 7) is 1.73. The first-order valence-corrected chi connectivity index (χ1v) is 3.13. The number of hydrogen-bond acceptors (Lipinski definition) is 3. The van der Waals surface area contributed by atoms with Crippen LogP contribution in [0.1, 0.15) is 6.42 Å². The quantitative estimate of drug-likeness (QED) is 0.564. The summed E-state index contributed by atoms with van der Waals surface area (Å²) in [6, 6.07) is 0. The number of methoxy groups -OCH3 is 1. The summed E-state index contributed by atoms with van der Waals surface area (Å²) in [5, 5.41) is 3.09. The lowest BCUT2D eigenvalue weighted by Crippen LogP contribution is -2.18. The third kappa shape index (κ3) is 2.15. The van der Waals surface area contributed by atoms with Crippen LogP contribution < -0.4 is 5.32 Å². The molecular formula is C6H12ClNO2. The van der Waals surface area contributed by atoms with Crippen LogP contribution in [-0.4, -0.2) is 26.2 Å². The number of halogens is 1. The van der Waals surface area contributed by atoms with Gasteiger partial charge in [0.2, 0.25) is 0 Å². The van der Waals surface area contributed by atoms with Crippen molar-refractivity contribution in [1.82, 2.24) is 5.32 Å². The van der Waals surface area contributed by atoms with Gasteiger partial charge in [0.15, 0.2) is 0 Å². The van der Waals surface area contributed by atoms with E-state index in [2.05, 4.69) is 10.1 Å². The van der Waals surface area contributed by atoms with Gasteiger partial charge in [-0.05, 0) is 13.0 Å². The predicted molar refractivity (Wildman–Crippen MR) is 40.2 cm³/mol. The van der Waals surface area contributed by atoms with Gasteiger partial charge in [-0.25, -0.2) is 0 Å². The lowest BCUT2D eigenvalue weighted by atomic mass is 10.1. The molecule has 0 aliphatic carbocycles. The molecular weight excluding hydrogens is 154 g/mol. The van der Waals surface area contributed by atoms with E-state index in [4.69, 9.17) is 0 Å². The molecule has 0 unspecified atom stereocenters. The molecule has 60 valence electrons. The third-order valence-electron chi connectivity index (χ3n) is 1.59. The Morgan fingerprint density at radius 2 is 2.40 bits per heavy atom. The highest BCUT2D eigenvalue weighted by Crippen LogP contribution is 2.07. The lowest BCUT2D eigenvalue weighted by Gasteiger charge is -2.02. The molecule has 1 aliphatic heterocycles. The Labute approximate surface area is 66.5 Å². The fourth-order valence-corrected chi connectivity index (χ4v) is 1.02. The molecule has 10 heavy (non-hydrogen) atoms. The van der Waals surface area contributed by atoms with Crippen molar-refractivity contribution in [2.75, 3.05) is 20.2 Å². The number of ether oxygens (including phenoxy) is 1. The standard InChI is InChI=1S/C6H11NO2.ClH/c1-9-6(8)5-2-3-7-4-5;/h5,7H,2-4H2,1H3;1H/t5-;/m0./s1. The molecule has 0 radical (unpaired) electrons. The molecule has 1 aliphatic rings. The zero-order valence-electron chi connectivity index (χ0n) is 5.92. The van der Waals surface area contributed by atoms with Crippen molar-refractivity contribution in [2.45, 2.75) is 6.42 Å². The van der Waals surface area contributed by atoms with E-state index in [-0.39, 0.29) is 24.3 Å². The molecule has 1 rings (SSSR count). The summed E-state index contributed by atoms with van der Waals surface area (Å²) in [5.41, 5.74) is 0. The number of nitrogens with one attached hydrogen (secondary N) is 1. The van der Waals surface area contributed by atoms with Crippen LogP contribution in [0.5, 0.6) is 0 Å². The summed E-state index contributed by atoms with van der Waals surface area (Å²) in [4.78, 5) is 10.8. The highest BCUT2D eigenvalue weighted by atomic mass is 35.5. The zero-order valence-corrected chi connectivity index (χ0v) is 6.74. The first kappa shape index (κ1) is 9.72. The number of hydrogen-bond donors (Lipinski definition) is 1. The molecule has 1 heterocycles. The van der Waals surface area contributed by atoms with Gasteiger partial charge < -0.3 is 10.1 Å². The average molecular weight is 166 g/mol. The van der Waals surface area contributed by atoms with Crippen LogP contribution >= 0.6 is 12.4 Å². The maximum absolute atomic E-state index is 10.8. The van der Waals surface area contributed by atoms with Crippen LogP contribution in [0.4, 0.5) is 0 Å². The van der Waals surface area contributed by atoms with E-state index in [1.54, 1.807) is 0 Å². The van der Waals surface area contributed by atoms with Gasteiger partial charge in [-0.3, -0.25) is 4.79 Å². The second-order valence-corrected chi connectivity index (χ2v) is 2.21. The molecule has 0 aromatic rings. The van der Waals surface area contributed by atoms with E-state index in [0.29, 0.717) is 0 Å². The van der Waals surface area contributed by atoms with Crippen molar-refractivity contribution < 1.29 is 9.53 Å². The molecule has 1 N–H and O–H groups in total. The number of carbonyl (C=O) groups is 1. The first-order valence-electron chi connectivity index (χ1n) is 3.13. The molecule has 0 spiro atoms. The van der Waals surface area contributed by atoms with Crippen LogP contribution in [-0.2, 0) is 9.53 Å². The van der Waals surface area contributed by atoms with E-state index >= 15 is 0 Å². The Morgan fingerprint density at radius 3 is 2.80 bits per heavy atom. The second kappa shape index (κ2) is 4.52. The summed E-state index contributed by atoms with van der Waals surface area (Å²) >= 11 is 0. The van der Waals surface area contributed by atoms with Crippen LogP contribution in [0, 0.1) is 5.92 Å². The largest absolute Gasteiger partial charge is 0.469 e. The Balaban J connectivity index is 0.000000810. The SMILES string of the molecule is COC(=O)[C@H]1CCNC1.Cl. The average Bonchev–Trinajstić information content (AvgIpc) is 2.37. The van der Waals surface area contributed by atoms with Crippen molar-refractivity contribution >= 4 is 18.4 Å². The van der Waals surface area contributed by atoms with Crippen molar-refractivity contribution in [3.63, 3.8) is 0 Å². The van der Waals surface area contributed by atoms with Crippen molar-refractivity contribution in [3.8, 4) is 0 Å². The molecule has 0 aromatic heterocycles. The highest BCUT2D eigenvalue weighted by Gasteiger charge is 2.22. The summed E-state index contributed by atoms with van der Waals surface area (Å²) in [5.74, 6) is 0.0231. The fraction of sp³-hybridized carbons (Fsp3) is 0.833. The molecule has 3 nitrogen and oxygen atoms in total. The molecule has 4 heteroatoms. The lowest BCUT2D eigenvalue weighted by molar-refractivity contribution is -0.144. The van der Waals surface area contributed by atoms with Crippen molar-refractivity contribution in [2.24, 2.45) is 5.92 Å². The first-order chi connectivity index (χ1) is 4.34. The van der Waals surface area contributed by atoms with Gasteiger partial charge in [0, 0.05) is 6.54 Å². The highest BCUT2D eigenvalue weighted by molar-refractivity contribution is 5.85. The minimum Gasteiger partial charge on any atom is -0.469 e. The van der Waals surface area contributed by atoms with E-state index < -0.39 is 0 Å². The van der Waals surface area contributed by atoms with Gasteiger partial charge in [-0.1, -0.05) is 0 Å². The summed E-state index contributed by atoms with van der Waals surface area (Å²) < 4.78 is 4.56. The van der Waals surface area contributed by atoms with Crippen LogP contribution in [0.15, 0.2) is 0 Å². The van der Waals surface area contributed by atoms with Crippen LogP contribution in [0.3, 0.4) is 0 Å². The fourth-order valence-electron chi connectivity index (χ4n) is 1.02. The maximum atomic E-state index is 10.8. The van der Waals surface area contributed by atoms with E-state index in [1.165, 1.54) is 7.11 Å². The Bertz CT molecular complexity index is 112. The number of esters is 1. The Morgan fingerprint density at radius 1 is 1.70 bits per heavy atom. The van der Waals surface area contributed by atoms with Gasteiger partial charge >= 0.3 is 5.97 Å². The predicted octanol–water partition coefficient (Wildman–Crippen LogP) is 0.191. The van der Waals surface area contributed by atoms with Gasteiger partial charge in [-0.2, -0.15) is 0 Å². The van der Waals surface area contributed by atoms with Crippen molar-refractivity contribution in [3.05, 3.63) is 0 Å². The number of carbonyl (C=O) groups excluding carboxylic acids is 1. The molecule has 1 atom stereocenters. The van der Waals surface area contributed by atoms with Gasteiger partial charge in [0.05, 0.1) is 13.0 Å². The molecule has 0 aromatic carbocycles. The minimum absolute atomic E-state index is 0. The van der Waals surface area contributed by atoms with E-state index in [0.717, 1.165) is 19.5 Å². The number of rotatable bonds is 1. The van der Waals surface area contributed by atoms with Crippen molar-refractivity contribution in [1.29, 1.82) is 0 Å². The summed E-state index contributed by atoms with van der Waals surface area (Å²) in [6.07, 6.45) is 0.923. The van der Waals surface area contributed by atoms with Crippen LogP contribution in [0.2, 0.25) is 0 Å². The Kier molecular flexibility index (Phi) is 4.40. The normalized spacial score (nSPS) is 23.5. The van der Waals surface area contributed by atoms with E-state index in [9.17, 15) is 4.79 Å². The van der Waals surface area contributed by atoms with Gasteiger partial charge in [0.25, 0.3) is 0 Å². The third-order valence-corrected chi connectivity index (χ3v) is 1.59. The molecule has 0 amide bonds. The monoisotopic (exact) mass is 165 g/mol. The zero-order chi connectivity index (χ0) is 6.69. The smallest absolute Gasteiger partial charge is 0.309 e. The molecule has 0 saturated carbocycles. The van der Waals surface area contributed by atoms with E-state index in [1.807, 2.05) is 0 Å². The van der Waals surface area contributed by atoms with Gasteiger partial charge in [-0.15, -0.1) is 12.4 Å². The minimum atomic E-state index is -0.0833. The van der Waals surface area contributed by atoms with Gasteiger partial charge in [0.1, 0.15) is 0 Å². The second-order valence-electron chi connectivity index (χ2n) is 2.21. The molecule has 1 saturated heterocycles. The topological polar surface area (TPSA) is 38.3 Å². The van der Waals surface area contributed by atoms with Crippen LogP contribution in [0.25, 0.3) is 0 Å². The summed E-state index contributed by atoms with van der Waals surface area (Å²) in [7, 11) is 1.43. The maximum Gasteiger partial charge on any atom is 0.309 e. The Hall–Kier alpha value is -0.280.